The summed E-state index contributed by atoms with van der Waals surface area (Å²) in [6.07, 6.45) is 0. The molecule has 124 valence electrons. The van der Waals surface area contributed by atoms with Crippen LogP contribution in [-0.4, -0.2) is 4.92 Å². The molecule has 0 aliphatic heterocycles. The Morgan fingerprint density at radius 2 is 1.19 bits per heavy atom. The van der Waals surface area contributed by atoms with E-state index in [2.05, 4.69) is 0 Å². The van der Waals surface area contributed by atoms with Gasteiger partial charge in [-0.3, -0.25) is 10.1 Å². The molecule has 6 heteroatoms. The number of hydrogen-bond acceptors (Lipinski definition) is 5. The van der Waals surface area contributed by atoms with E-state index in [4.69, 9.17) is 16.3 Å². The lowest BCUT2D eigenvalue weighted by molar-refractivity contribution is -0.384. The van der Waals surface area contributed by atoms with Crippen molar-refractivity contribution in [2.24, 2.45) is 0 Å². The van der Waals surface area contributed by atoms with Crippen LogP contribution < -0.4 is 5.73 Å². The summed E-state index contributed by atoms with van der Waals surface area (Å²) in [6, 6.07) is 20.3. The first kappa shape index (κ1) is 16.7. The number of nitrogen functional groups attached to an aromatic ring is 1. The van der Waals surface area contributed by atoms with E-state index >= 15 is 0 Å². The van der Waals surface area contributed by atoms with E-state index in [1.54, 1.807) is 48.5 Å². The summed E-state index contributed by atoms with van der Waals surface area (Å²) < 4.78 is 0. The van der Waals surface area contributed by atoms with Gasteiger partial charge in [0.15, 0.2) is 0 Å². The van der Waals surface area contributed by atoms with Gasteiger partial charge in [0.25, 0.3) is 5.69 Å². The van der Waals surface area contributed by atoms with Gasteiger partial charge in [0.2, 0.25) is 0 Å². The molecule has 26 heavy (non-hydrogen) atoms. The van der Waals surface area contributed by atoms with Crippen molar-refractivity contribution in [2.45, 2.75) is 0 Å². The van der Waals surface area contributed by atoms with Gasteiger partial charge < -0.3 is 5.73 Å². The monoisotopic (exact) mass is 340 g/mol. The Balaban J connectivity index is 2.21. The fraction of sp³-hybridized carbons (Fsp3) is 0. The second-order valence-corrected chi connectivity index (χ2v) is 5.59. The van der Waals surface area contributed by atoms with Gasteiger partial charge in [-0.1, -0.05) is 24.3 Å². The van der Waals surface area contributed by atoms with Crippen LogP contribution in [0.5, 0.6) is 0 Å². The number of nitro benzene ring substituents is 1. The van der Waals surface area contributed by atoms with Crippen LogP contribution in [0.15, 0.2) is 60.7 Å². The zero-order valence-corrected chi connectivity index (χ0v) is 13.5. The first-order chi connectivity index (χ1) is 12.5. The third-order valence-electron chi connectivity index (χ3n) is 4.03. The standard InChI is InChI=1S/C20H12N4O2/c21-11-13-1-5-15(6-2-13)18-9-17(24(25)26)10-19(20(18)23)16-7-3-14(12-22)4-8-16/h1-10H,23H2. The zero-order chi connectivity index (χ0) is 18.7. The molecule has 0 aliphatic carbocycles. The fourth-order valence-corrected chi connectivity index (χ4v) is 2.67. The minimum atomic E-state index is -0.472. The van der Waals surface area contributed by atoms with Crippen LogP contribution in [0.25, 0.3) is 22.3 Å². The van der Waals surface area contributed by atoms with Gasteiger partial charge in [-0.25, -0.2) is 0 Å². The number of non-ortho nitro benzene ring substituents is 1. The summed E-state index contributed by atoms with van der Waals surface area (Å²) in [4.78, 5) is 10.9. The molecule has 0 fully saturated rings. The molecule has 0 aliphatic rings. The molecule has 0 heterocycles. The molecule has 2 N–H and O–H groups in total. The van der Waals surface area contributed by atoms with E-state index in [1.165, 1.54) is 12.1 Å². The molecule has 0 unspecified atom stereocenters. The number of nitrogens with two attached hydrogens (primary N) is 1. The highest BCUT2D eigenvalue weighted by Gasteiger charge is 2.17. The quantitative estimate of drug-likeness (QED) is 0.434. The molecular formula is C20H12N4O2. The van der Waals surface area contributed by atoms with Crippen LogP contribution in [0.3, 0.4) is 0 Å². The molecular weight excluding hydrogens is 328 g/mol. The van der Waals surface area contributed by atoms with Crippen molar-refractivity contribution in [3.63, 3.8) is 0 Å². The molecule has 0 amide bonds. The number of nitro groups is 1. The molecule has 3 aromatic rings. The lowest BCUT2D eigenvalue weighted by atomic mass is 9.94. The van der Waals surface area contributed by atoms with Gasteiger partial charge in [0, 0.05) is 28.9 Å². The maximum absolute atomic E-state index is 11.4. The van der Waals surface area contributed by atoms with Gasteiger partial charge in [-0.15, -0.1) is 0 Å². The van der Waals surface area contributed by atoms with Crippen molar-refractivity contribution < 1.29 is 4.92 Å². The Morgan fingerprint density at radius 3 is 1.50 bits per heavy atom. The van der Waals surface area contributed by atoms with Gasteiger partial charge >= 0.3 is 0 Å². The maximum atomic E-state index is 11.4. The highest BCUT2D eigenvalue weighted by atomic mass is 16.6. The van der Waals surface area contributed by atoms with E-state index < -0.39 is 4.92 Å². The Kier molecular flexibility index (Phi) is 4.34. The van der Waals surface area contributed by atoms with Gasteiger partial charge in [0.1, 0.15) is 0 Å². The summed E-state index contributed by atoms with van der Waals surface area (Å²) in [5.41, 5.74) is 9.99. The van der Waals surface area contributed by atoms with Crippen LogP contribution in [0.2, 0.25) is 0 Å². The van der Waals surface area contributed by atoms with E-state index in [0.29, 0.717) is 39.1 Å². The lowest BCUT2D eigenvalue weighted by Crippen LogP contribution is -1.98. The smallest absolute Gasteiger partial charge is 0.270 e. The topological polar surface area (TPSA) is 117 Å². The van der Waals surface area contributed by atoms with Crippen molar-refractivity contribution in [1.29, 1.82) is 10.5 Å². The van der Waals surface area contributed by atoms with Crippen LogP contribution in [0.4, 0.5) is 11.4 Å². The highest BCUT2D eigenvalue weighted by Crippen LogP contribution is 2.38. The van der Waals surface area contributed by atoms with Crippen molar-refractivity contribution in [3.8, 4) is 34.4 Å². The average Bonchev–Trinajstić information content (AvgIpc) is 2.68. The van der Waals surface area contributed by atoms with Crippen molar-refractivity contribution in [2.75, 3.05) is 5.73 Å². The number of hydrogen-bond donors (Lipinski definition) is 1. The van der Waals surface area contributed by atoms with Gasteiger partial charge in [0.05, 0.1) is 28.2 Å². The first-order valence-corrected chi connectivity index (χ1v) is 7.62. The minimum Gasteiger partial charge on any atom is -0.398 e. The lowest BCUT2D eigenvalue weighted by Gasteiger charge is -2.12. The predicted molar refractivity (Wildman–Crippen MR) is 97.8 cm³/mol. The van der Waals surface area contributed by atoms with Gasteiger partial charge in [-0.05, 0) is 35.4 Å². The van der Waals surface area contributed by atoms with Crippen LogP contribution in [0, 0.1) is 32.8 Å². The molecule has 0 bridgehead atoms. The Bertz CT molecular complexity index is 994. The van der Waals surface area contributed by atoms with E-state index in [1.807, 2.05) is 12.1 Å². The largest absolute Gasteiger partial charge is 0.398 e. The Morgan fingerprint density at radius 1 is 0.808 bits per heavy atom. The minimum absolute atomic E-state index is 0.0853. The number of rotatable bonds is 3. The summed E-state index contributed by atoms with van der Waals surface area (Å²) in [6.45, 7) is 0. The first-order valence-electron chi connectivity index (χ1n) is 7.62. The summed E-state index contributed by atoms with van der Waals surface area (Å²) in [5.74, 6) is 0. The molecule has 0 saturated heterocycles. The molecule has 0 atom stereocenters. The van der Waals surface area contributed by atoms with Crippen molar-refractivity contribution >= 4 is 11.4 Å². The zero-order valence-electron chi connectivity index (χ0n) is 13.5. The third kappa shape index (κ3) is 3.08. The van der Waals surface area contributed by atoms with Crippen LogP contribution >= 0.6 is 0 Å². The molecule has 0 saturated carbocycles. The SMILES string of the molecule is N#Cc1ccc(-c2cc([N+](=O)[O-])cc(-c3ccc(C#N)cc3)c2N)cc1. The summed E-state index contributed by atoms with van der Waals surface area (Å²) >= 11 is 0. The normalized spacial score (nSPS) is 9.92. The number of nitrogens with zero attached hydrogens (tertiary/aromatic N) is 3. The Labute approximate surface area is 149 Å². The molecule has 3 rings (SSSR count). The average molecular weight is 340 g/mol. The third-order valence-corrected chi connectivity index (χ3v) is 4.03. The molecule has 3 aromatic carbocycles. The van der Waals surface area contributed by atoms with Crippen molar-refractivity contribution in [3.05, 3.63) is 81.9 Å². The molecule has 0 aromatic heterocycles. The van der Waals surface area contributed by atoms with E-state index in [0.717, 1.165) is 0 Å². The second-order valence-electron chi connectivity index (χ2n) is 5.59. The molecule has 0 spiro atoms. The van der Waals surface area contributed by atoms with Crippen molar-refractivity contribution in [1.82, 2.24) is 0 Å². The summed E-state index contributed by atoms with van der Waals surface area (Å²) in [5, 5.41) is 29.2. The maximum Gasteiger partial charge on any atom is 0.270 e. The molecule has 6 nitrogen and oxygen atoms in total. The second kappa shape index (κ2) is 6.76. The van der Waals surface area contributed by atoms with Gasteiger partial charge in [-0.2, -0.15) is 10.5 Å². The predicted octanol–water partition coefficient (Wildman–Crippen LogP) is 4.25. The van der Waals surface area contributed by atoms with Crippen LogP contribution in [-0.2, 0) is 0 Å². The fourth-order valence-electron chi connectivity index (χ4n) is 2.67. The number of nitriles is 2. The van der Waals surface area contributed by atoms with E-state index in [-0.39, 0.29) is 5.69 Å². The van der Waals surface area contributed by atoms with E-state index in [9.17, 15) is 10.1 Å². The Hall–Kier alpha value is -4.16. The number of benzene rings is 3. The number of anilines is 1. The van der Waals surface area contributed by atoms with Crippen LogP contribution in [0.1, 0.15) is 11.1 Å². The molecule has 0 radical (unpaired) electrons. The highest BCUT2D eigenvalue weighted by molar-refractivity contribution is 5.91. The summed E-state index contributed by atoms with van der Waals surface area (Å²) in [7, 11) is 0.